The van der Waals surface area contributed by atoms with Crippen LogP contribution in [0.2, 0.25) is 0 Å². The van der Waals surface area contributed by atoms with Crippen molar-refractivity contribution in [3.63, 3.8) is 0 Å². The summed E-state index contributed by atoms with van der Waals surface area (Å²) in [5, 5.41) is 7.02. The first-order valence-corrected chi connectivity index (χ1v) is 6.54. The van der Waals surface area contributed by atoms with Crippen LogP contribution in [-0.2, 0) is 4.74 Å². The Morgan fingerprint density at radius 2 is 2.40 bits per heavy atom. The smallest absolute Gasteiger partial charge is 0.110 e. The Balaban J connectivity index is 1.68. The summed E-state index contributed by atoms with van der Waals surface area (Å²) in [4.78, 5) is 4.44. The second-order valence-corrected chi connectivity index (χ2v) is 5.34. The van der Waals surface area contributed by atoms with Crippen LogP contribution in [0.5, 0.6) is 0 Å². The van der Waals surface area contributed by atoms with Gasteiger partial charge in [0, 0.05) is 24.2 Å². The summed E-state index contributed by atoms with van der Waals surface area (Å²) in [5.41, 5.74) is 0. The summed E-state index contributed by atoms with van der Waals surface area (Å²) < 4.78 is 5.40. The Labute approximate surface area is 93.9 Å². The van der Waals surface area contributed by atoms with Gasteiger partial charge in [-0.15, -0.1) is 11.3 Å². The summed E-state index contributed by atoms with van der Waals surface area (Å²) >= 11 is 1.77. The van der Waals surface area contributed by atoms with Crippen LogP contribution in [0.4, 0.5) is 0 Å². The van der Waals surface area contributed by atoms with Gasteiger partial charge in [-0.2, -0.15) is 0 Å². The molecular weight excluding hydrogens is 208 g/mol. The van der Waals surface area contributed by atoms with Crippen LogP contribution >= 0.6 is 11.3 Å². The fourth-order valence-electron chi connectivity index (χ4n) is 2.15. The molecule has 15 heavy (non-hydrogen) atoms. The number of hydrogen-bond donors (Lipinski definition) is 1. The molecule has 3 rings (SSSR count). The molecule has 2 aliphatic rings. The van der Waals surface area contributed by atoms with E-state index >= 15 is 0 Å². The summed E-state index contributed by atoms with van der Waals surface area (Å²) in [7, 11) is 0. The van der Waals surface area contributed by atoms with Crippen LogP contribution < -0.4 is 5.32 Å². The van der Waals surface area contributed by atoms with Gasteiger partial charge in [0.25, 0.3) is 0 Å². The Morgan fingerprint density at radius 1 is 1.47 bits per heavy atom. The molecule has 0 radical (unpaired) electrons. The van der Waals surface area contributed by atoms with Crippen LogP contribution in [0.3, 0.4) is 0 Å². The molecule has 1 aromatic rings. The highest BCUT2D eigenvalue weighted by atomic mass is 32.1. The Hall–Kier alpha value is -0.450. The minimum absolute atomic E-state index is 0.483. The fourth-order valence-corrected chi connectivity index (χ4v) is 2.94. The van der Waals surface area contributed by atoms with E-state index in [4.69, 9.17) is 4.74 Å². The molecule has 3 nitrogen and oxygen atoms in total. The van der Waals surface area contributed by atoms with Crippen molar-refractivity contribution in [1.82, 2.24) is 10.3 Å². The molecule has 2 atom stereocenters. The molecule has 1 aromatic heterocycles. The molecule has 0 spiro atoms. The summed E-state index contributed by atoms with van der Waals surface area (Å²) in [6.45, 7) is 1.78. The molecule has 1 aliphatic carbocycles. The van der Waals surface area contributed by atoms with Crippen LogP contribution in [0, 0.1) is 5.92 Å². The van der Waals surface area contributed by atoms with E-state index in [2.05, 4.69) is 15.7 Å². The lowest BCUT2D eigenvalue weighted by molar-refractivity contribution is 0.187. The first kappa shape index (κ1) is 9.75. The van der Waals surface area contributed by atoms with Gasteiger partial charge < -0.3 is 10.1 Å². The maximum atomic E-state index is 5.40. The summed E-state index contributed by atoms with van der Waals surface area (Å²) in [6, 6.07) is 1.02. The van der Waals surface area contributed by atoms with E-state index < -0.39 is 0 Å². The van der Waals surface area contributed by atoms with Gasteiger partial charge in [-0.25, -0.2) is 4.98 Å². The van der Waals surface area contributed by atoms with Gasteiger partial charge in [0.1, 0.15) is 5.01 Å². The van der Waals surface area contributed by atoms with Gasteiger partial charge >= 0.3 is 0 Å². The molecule has 0 amide bonds. The topological polar surface area (TPSA) is 34.1 Å². The zero-order valence-electron chi connectivity index (χ0n) is 8.69. The second kappa shape index (κ2) is 4.20. The molecule has 4 heteroatoms. The predicted octanol–water partition coefficient (Wildman–Crippen LogP) is 1.97. The number of rotatable bonds is 4. The number of aromatic nitrogens is 1. The van der Waals surface area contributed by atoms with E-state index in [0.29, 0.717) is 12.1 Å². The third kappa shape index (κ3) is 2.22. The zero-order chi connectivity index (χ0) is 10.1. The van der Waals surface area contributed by atoms with Crippen molar-refractivity contribution >= 4 is 11.3 Å². The highest BCUT2D eigenvalue weighted by Crippen LogP contribution is 2.42. The number of nitrogens with zero attached hydrogens (tertiary/aromatic N) is 1. The Bertz CT molecular complexity index is 304. The molecule has 1 N–H and O–H groups in total. The predicted molar refractivity (Wildman–Crippen MR) is 59.9 cm³/mol. The van der Waals surface area contributed by atoms with Gasteiger partial charge in [-0.1, -0.05) is 0 Å². The van der Waals surface area contributed by atoms with Gasteiger partial charge in [0.05, 0.1) is 12.6 Å². The Kier molecular flexibility index (Phi) is 2.73. The Morgan fingerprint density at radius 3 is 3.00 bits per heavy atom. The van der Waals surface area contributed by atoms with Crippen LogP contribution in [-0.4, -0.2) is 24.2 Å². The second-order valence-electron chi connectivity index (χ2n) is 4.41. The first-order chi connectivity index (χ1) is 7.43. The van der Waals surface area contributed by atoms with E-state index in [1.165, 1.54) is 17.8 Å². The molecular formula is C11H16N2OS. The molecule has 2 heterocycles. The number of thiazole rings is 1. The van der Waals surface area contributed by atoms with Crippen molar-refractivity contribution in [3.8, 4) is 0 Å². The van der Waals surface area contributed by atoms with Crippen molar-refractivity contribution in [1.29, 1.82) is 0 Å². The van der Waals surface area contributed by atoms with Crippen molar-refractivity contribution in [2.45, 2.75) is 31.3 Å². The zero-order valence-corrected chi connectivity index (χ0v) is 9.50. The number of hydrogen-bond acceptors (Lipinski definition) is 4. The van der Waals surface area contributed by atoms with Crippen molar-refractivity contribution in [3.05, 3.63) is 16.6 Å². The van der Waals surface area contributed by atoms with E-state index in [0.717, 1.165) is 25.6 Å². The standard InChI is InChI=1S/C11H16N2OS/c1-2-8(1)10(11-12-4-6-15-11)13-9-3-5-14-7-9/h4,6,8-10,13H,1-3,5,7H2. The lowest BCUT2D eigenvalue weighted by Crippen LogP contribution is -2.34. The molecule has 0 bridgehead atoms. The molecule has 1 saturated carbocycles. The van der Waals surface area contributed by atoms with Gasteiger partial charge in [-0.05, 0) is 25.2 Å². The quantitative estimate of drug-likeness (QED) is 0.849. The highest BCUT2D eigenvalue weighted by molar-refractivity contribution is 7.09. The lowest BCUT2D eigenvalue weighted by atomic mass is 10.1. The van der Waals surface area contributed by atoms with Crippen LogP contribution in [0.15, 0.2) is 11.6 Å². The summed E-state index contributed by atoms with van der Waals surface area (Å²) in [6.07, 6.45) is 5.76. The van der Waals surface area contributed by atoms with E-state index in [9.17, 15) is 0 Å². The molecule has 2 unspecified atom stereocenters. The summed E-state index contributed by atoms with van der Waals surface area (Å²) in [5.74, 6) is 0.816. The SMILES string of the molecule is c1csc(C(NC2CCOC2)C2CC2)n1. The largest absolute Gasteiger partial charge is 0.380 e. The van der Waals surface area contributed by atoms with E-state index in [1.807, 2.05) is 6.20 Å². The fraction of sp³-hybridized carbons (Fsp3) is 0.727. The minimum Gasteiger partial charge on any atom is -0.380 e. The molecule has 0 aromatic carbocycles. The van der Waals surface area contributed by atoms with Crippen molar-refractivity contribution < 1.29 is 4.74 Å². The molecule has 1 saturated heterocycles. The molecule has 1 aliphatic heterocycles. The van der Waals surface area contributed by atoms with Crippen LogP contribution in [0.1, 0.15) is 30.3 Å². The van der Waals surface area contributed by atoms with Gasteiger partial charge in [-0.3, -0.25) is 0 Å². The van der Waals surface area contributed by atoms with Crippen molar-refractivity contribution in [2.75, 3.05) is 13.2 Å². The maximum absolute atomic E-state index is 5.40. The maximum Gasteiger partial charge on any atom is 0.110 e. The third-order valence-corrected chi connectivity index (χ3v) is 4.01. The van der Waals surface area contributed by atoms with E-state index in [1.54, 1.807) is 11.3 Å². The molecule has 2 fully saturated rings. The third-order valence-electron chi connectivity index (χ3n) is 3.16. The van der Waals surface area contributed by atoms with Crippen LogP contribution in [0.25, 0.3) is 0 Å². The normalized spacial score (nSPS) is 28.1. The number of nitrogens with one attached hydrogen (secondary N) is 1. The lowest BCUT2D eigenvalue weighted by Gasteiger charge is -2.19. The van der Waals surface area contributed by atoms with Crippen molar-refractivity contribution in [2.24, 2.45) is 5.92 Å². The van der Waals surface area contributed by atoms with Gasteiger partial charge in [0.15, 0.2) is 0 Å². The average Bonchev–Trinajstić information content (AvgIpc) is 2.78. The number of ether oxygens (including phenoxy) is 1. The first-order valence-electron chi connectivity index (χ1n) is 5.66. The minimum atomic E-state index is 0.483. The highest BCUT2D eigenvalue weighted by Gasteiger charge is 2.35. The average molecular weight is 224 g/mol. The van der Waals surface area contributed by atoms with E-state index in [-0.39, 0.29) is 0 Å². The monoisotopic (exact) mass is 224 g/mol. The van der Waals surface area contributed by atoms with Gasteiger partial charge in [0.2, 0.25) is 0 Å². The molecule has 82 valence electrons.